The fourth-order valence-corrected chi connectivity index (χ4v) is 1.04. The van der Waals surface area contributed by atoms with Gasteiger partial charge in [0.05, 0.1) is 7.11 Å². The number of carbonyl (C=O) groups excluding carboxylic acids is 1. The maximum absolute atomic E-state index is 11.0. The Morgan fingerprint density at radius 3 is 2.75 bits per heavy atom. The number of methoxy groups -OCH3 is 1. The molecule has 6 nitrogen and oxygen atoms in total. The number of aliphatic carboxylic acids is 1. The Labute approximate surface area is 92.3 Å². The number of hydrogen-bond donors (Lipinski definition) is 2. The van der Waals surface area contributed by atoms with E-state index in [9.17, 15) is 9.59 Å². The largest absolute Gasteiger partial charge is 0.481 e. The lowest BCUT2D eigenvalue weighted by Gasteiger charge is -2.04. The van der Waals surface area contributed by atoms with Crippen LogP contribution in [0.3, 0.4) is 0 Å². The Hall–Kier alpha value is -2.11. The summed E-state index contributed by atoms with van der Waals surface area (Å²) in [5.74, 6) is -1.19. The molecule has 2 N–H and O–H groups in total. The first kappa shape index (κ1) is 12.0. The van der Waals surface area contributed by atoms with E-state index in [0.29, 0.717) is 5.88 Å². The van der Waals surface area contributed by atoms with Gasteiger partial charge in [0.1, 0.15) is 6.42 Å². The van der Waals surface area contributed by atoms with E-state index in [1.54, 1.807) is 18.3 Å². The van der Waals surface area contributed by atoms with E-state index in [0.717, 1.165) is 5.56 Å². The highest BCUT2D eigenvalue weighted by Crippen LogP contribution is 2.06. The number of rotatable bonds is 5. The minimum atomic E-state index is -1.15. The summed E-state index contributed by atoms with van der Waals surface area (Å²) in [6.07, 6.45) is 1.03. The van der Waals surface area contributed by atoms with Crippen LogP contribution in [0.5, 0.6) is 5.88 Å². The molecule has 1 amide bonds. The molecule has 0 aliphatic rings. The van der Waals surface area contributed by atoms with Crippen LogP contribution in [0, 0.1) is 0 Å². The number of hydrogen-bond acceptors (Lipinski definition) is 4. The second-order valence-corrected chi connectivity index (χ2v) is 3.06. The molecule has 0 atom stereocenters. The Morgan fingerprint density at radius 1 is 1.50 bits per heavy atom. The van der Waals surface area contributed by atoms with E-state index >= 15 is 0 Å². The van der Waals surface area contributed by atoms with Gasteiger partial charge in [0.15, 0.2) is 0 Å². The number of carbonyl (C=O) groups is 2. The summed E-state index contributed by atoms with van der Waals surface area (Å²) in [6.45, 7) is 0.253. The summed E-state index contributed by atoms with van der Waals surface area (Å²) < 4.78 is 4.87. The molecule has 1 aromatic rings. The van der Waals surface area contributed by atoms with Gasteiger partial charge < -0.3 is 15.2 Å². The van der Waals surface area contributed by atoms with Crippen LogP contribution in [-0.2, 0) is 16.1 Å². The maximum Gasteiger partial charge on any atom is 0.312 e. The molecule has 1 aromatic heterocycles. The molecule has 0 bridgehead atoms. The number of carboxylic acids is 1. The third kappa shape index (κ3) is 3.95. The second-order valence-electron chi connectivity index (χ2n) is 3.06. The van der Waals surface area contributed by atoms with Crippen molar-refractivity contribution >= 4 is 11.9 Å². The summed E-state index contributed by atoms with van der Waals surface area (Å²) >= 11 is 0. The molecular weight excluding hydrogens is 212 g/mol. The minimum absolute atomic E-state index is 0.253. The summed E-state index contributed by atoms with van der Waals surface area (Å²) in [6, 6.07) is 3.41. The number of nitrogens with one attached hydrogen (secondary N) is 1. The third-order valence-corrected chi connectivity index (χ3v) is 1.81. The van der Waals surface area contributed by atoms with Crippen LogP contribution in [0.1, 0.15) is 12.0 Å². The van der Waals surface area contributed by atoms with E-state index in [1.165, 1.54) is 7.11 Å². The van der Waals surface area contributed by atoms with Crippen molar-refractivity contribution in [2.75, 3.05) is 7.11 Å². The number of carboxylic acid groups (broad SMARTS) is 1. The predicted octanol–water partition coefficient (Wildman–Crippen LogP) is 0.181. The standard InChI is InChI=1S/C10H12N2O4/c1-16-9-3-2-7(6-12-9)5-11-8(13)4-10(14)15/h2-3,6H,4-5H2,1H3,(H,11,13)(H,14,15). The molecule has 0 saturated heterocycles. The quantitative estimate of drug-likeness (QED) is 0.696. The van der Waals surface area contributed by atoms with Gasteiger partial charge >= 0.3 is 5.97 Å². The van der Waals surface area contributed by atoms with Crippen LogP contribution in [-0.4, -0.2) is 29.1 Å². The van der Waals surface area contributed by atoms with Crippen molar-refractivity contribution in [2.45, 2.75) is 13.0 Å². The lowest BCUT2D eigenvalue weighted by molar-refractivity contribution is -0.140. The van der Waals surface area contributed by atoms with E-state index in [-0.39, 0.29) is 6.54 Å². The highest BCUT2D eigenvalue weighted by atomic mass is 16.5. The number of pyridine rings is 1. The van der Waals surface area contributed by atoms with Crippen molar-refractivity contribution in [1.82, 2.24) is 10.3 Å². The van der Waals surface area contributed by atoms with Crippen molar-refractivity contribution in [3.63, 3.8) is 0 Å². The molecule has 86 valence electrons. The average molecular weight is 224 g/mol. The fraction of sp³-hybridized carbons (Fsp3) is 0.300. The van der Waals surface area contributed by atoms with E-state index in [1.807, 2.05) is 0 Å². The summed E-state index contributed by atoms with van der Waals surface area (Å²) in [5.41, 5.74) is 0.777. The molecule has 0 radical (unpaired) electrons. The average Bonchev–Trinajstić information content (AvgIpc) is 2.26. The molecule has 0 aromatic carbocycles. The monoisotopic (exact) mass is 224 g/mol. The molecule has 16 heavy (non-hydrogen) atoms. The number of amides is 1. The summed E-state index contributed by atoms with van der Waals surface area (Å²) in [4.78, 5) is 25.2. The summed E-state index contributed by atoms with van der Waals surface area (Å²) in [7, 11) is 1.51. The topological polar surface area (TPSA) is 88.5 Å². The van der Waals surface area contributed by atoms with Crippen LogP contribution >= 0.6 is 0 Å². The SMILES string of the molecule is COc1ccc(CNC(=O)CC(=O)O)cn1. The number of ether oxygens (including phenoxy) is 1. The Morgan fingerprint density at radius 2 is 2.25 bits per heavy atom. The van der Waals surface area contributed by atoms with Crippen LogP contribution in [0.4, 0.5) is 0 Å². The second kappa shape index (κ2) is 5.69. The molecule has 0 aliphatic heterocycles. The van der Waals surface area contributed by atoms with Crippen LogP contribution < -0.4 is 10.1 Å². The van der Waals surface area contributed by atoms with Gasteiger partial charge in [-0.3, -0.25) is 9.59 Å². The van der Waals surface area contributed by atoms with Crippen LogP contribution in [0.15, 0.2) is 18.3 Å². The third-order valence-electron chi connectivity index (χ3n) is 1.81. The van der Waals surface area contributed by atoms with E-state index in [4.69, 9.17) is 9.84 Å². The Kier molecular flexibility index (Phi) is 4.26. The Bertz CT molecular complexity index is 375. The molecule has 1 rings (SSSR count). The van der Waals surface area contributed by atoms with E-state index < -0.39 is 18.3 Å². The molecule has 6 heteroatoms. The van der Waals surface area contributed by atoms with Crippen molar-refractivity contribution < 1.29 is 19.4 Å². The van der Waals surface area contributed by atoms with Gasteiger partial charge in [0.2, 0.25) is 11.8 Å². The zero-order valence-electron chi connectivity index (χ0n) is 8.77. The summed E-state index contributed by atoms with van der Waals surface area (Å²) in [5, 5.41) is 10.8. The van der Waals surface area contributed by atoms with Gasteiger partial charge in [0, 0.05) is 18.8 Å². The molecular formula is C10H12N2O4. The number of aromatic nitrogens is 1. The fourth-order valence-electron chi connectivity index (χ4n) is 1.04. The minimum Gasteiger partial charge on any atom is -0.481 e. The predicted molar refractivity (Wildman–Crippen MR) is 54.9 cm³/mol. The van der Waals surface area contributed by atoms with Gasteiger partial charge in [-0.2, -0.15) is 0 Å². The molecule has 0 fully saturated rings. The first-order valence-corrected chi connectivity index (χ1v) is 4.59. The molecule has 0 aliphatic carbocycles. The van der Waals surface area contributed by atoms with E-state index in [2.05, 4.69) is 10.3 Å². The van der Waals surface area contributed by atoms with Gasteiger partial charge in [0.25, 0.3) is 0 Å². The lowest BCUT2D eigenvalue weighted by atomic mass is 10.3. The first-order valence-electron chi connectivity index (χ1n) is 4.59. The lowest BCUT2D eigenvalue weighted by Crippen LogP contribution is -2.25. The molecule has 0 saturated carbocycles. The highest BCUT2D eigenvalue weighted by Gasteiger charge is 2.06. The smallest absolute Gasteiger partial charge is 0.312 e. The van der Waals surface area contributed by atoms with Gasteiger partial charge in [-0.1, -0.05) is 6.07 Å². The maximum atomic E-state index is 11.0. The molecule has 0 unspecified atom stereocenters. The van der Waals surface area contributed by atoms with Gasteiger partial charge in [-0.25, -0.2) is 4.98 Å². The number of nitrogens with zero attached hydrogens (tertiary/aromatic N) is 1. The zero-order valence-corrected chi connectivity index (χ0v) is 8.77. The van der Waals surface area contributed by atoms with Crippen LogP contribution in [0.25, 0.3) is 0 Å². The van der Waals surface area contributed by atoms with Crippen molar-refractivity contribution in [3.05, 3.63) is 23.9 Å². The van der Waals surface area contributed by atoms with Crippen molar-refractivity contribution in [3.8, 4) is 5.88 Å². The molecule has 0 spiro atoms. The highest BCUT2D eigenvalue weighted by molar-refractivity contribution is 5.93. The van der Waals surface area contributed by atoms with Crippen molar-refractivity contribution in [2.24, 2.45) is 0 Å². The Balaban J connectivity index is 2.42. The van der Waals surface area contributed by atoms with Gasteiger partial charge in [-0.05, 0) is 5.56 Å². The zero-order chi connectivity index (χ0) is 12.0. The normalized spacial score (nSPS) is 9.56. The first-order chi connectivity index (χ1) is 7.61. The van der Waals surface area contributed by atoms with Crippen molar-refractivity contribution in [1.29, 1.82) is 0 Å². The van der Waals surface area contributed by atoms with Gasteiger partial charge in [-0.15, -0.1) is 0 Å². The molecule has 1 heterocycles. The van der Waals surface area contributed by atoms with Crippen LogP contribution in [0.2, 0.25) is 0 Å².